The molecule has 1 saturated carbocycles. The minimum Gasteiger partial charge on any atom is -0.479 e. The second kappa shape index (κ2) is 14.4. The molecule has 3 fully saturated rings. The normalized spacial score (nSPS) is 25.8. The van der Waals surface area contributed by atoms with Crippen molar-refractivity contribution in [2.75, 3.05) is 6.54 Å². The van der Waals surface area contributed by atoms with Gasteiger partial charge in [-0.25, -0.2) is 24.4 Å². The molecule has 1 aliphatic carbocycles. The monoisotopic (exact) mass is 721 g/mol. The first-order chi connectivity index (χ1) is 24.2. The molecule has 3 aromatic rings. The summed E-state index contributed by atoms with van der Waals surface area (Å²) in [6.45, 7) is 5.13. The molecule has 15 heteroatoms. The fraction of sp³-hybridized carbons (Fsp3) is 0.528. The molecule has 3 aliphatic rings. The molecular formula is C36H43N5O9S. The molecule has 14 nitrogen and oxygen atoms in total. The second-order valence-corrected chi connectivity index (χ2v) is 15.5. The Morgan fingerprint density at radius 2 is 1.76 bits per heavy atom. The van der Waals surface area contributed by atoms with Crippen LogP contribution >= 0.6 is 11.3 Å². The Kier molecular flexibility index (Phi) is 10.2. The molecule has 0 radical (unpaired) electrons. The Bertz CT molecular complexity index is 1830. The highest BCUT2D eigenvalue weighted by Crippen LogP contribution is 2.47. The van der Waals surface area contributed by atoms with Crippen LogP contribution in [0.1, 0.15) is 88.9 Å². The first-order valence-electron chi connectivity index (χ1n) is 17.3. The van der Waals surface area contributed by atoms with Crippen LogP contribution in [-0.2, 0) is 19.1 Å². The smallest absolute Gasteiger partial charge is 0.408 e. The summed E-state index contributed by atoms with van der Waals surface area (Å²) in [6, 6.07) is 5.97. The summed E-state index contributed by atoms with van der Waals surface area (Å²) in [6.07, 6.45) is 3.93. The number of hydrogen-bond acceptors (Lipinski definition) is 10. The third kappa shape index (κ3) is 8.08. The van der Waals surface area contributed by atoms with E-state index in [1.807, 2.05) is 17.5 Å². The summed E-state index contributed by atoms with van der Waals surface area (Å²) < 4.78 is 11.9. The number of aromatic carboxylic acids is 1. The summed E-state index contributed by atoms with van der Waals surface area (Å²) in [5, 5.41) is 27.1. The van der Waals surface area contributed by atoms with Crippen molar-refractivity contribution in [3.63, 3.8) is 0 Å². The zero-order chi connectivity index (χ0) is 36.5. The number of aliphatic carboxylic acids is 1. The van der Waals surface area contributed by atoms with Crippen LogP contribution in [0.25, 0.3) is 21.6 Å². The molecule has 2 aromatic heterocycles. The number of rotatable bonds is 6. The lowest BCUT2D eigenvalue weighted by Gasteiger charge is -2.30. The minimum absolute atomic E-state index is 0.0264. The Balaban J connectivity index is 1.33. The van der Waals surface area contributed by atoms with Crippen molar-refractivity contribution in [3.8, 4) is 16.5 Å². The van der Waals surface area contributed by atoms with Crippen molar-refractivity contribution in [2.24, 2.45) is 5.92 Å². The van der Waals surface area contributed by atoms with Crippen LogP contribution in [0.3, 0.4) is 0 Å². The number of benzene rings is 1. The molecule has 0 bridgehead atoms. The van der Waals surface area contributed by atoms with Gasteiger partial charge in [-0.05, 0) is 75.6 Å². The topological polar surface area (TPSA) is 197 Å². The van der Waals surface area contributed by atoms with Crippen molar-refractivity contribution in [2.45, 2.75) is 108 Å². The van der Waals surface area contributed by atoms with Crippen LogP contribution in [0.15, 0.2) is 35.7 Å². The Hall–Kier alpha value is -4.79. The summed E-state index contributed by atoms with van der Waals surface area (Å²) in [4.78, 5) is 76.9. The Labute approximate surface area is 298 Å². The fourth-order valence-electron chi connectivity index (χ4n) is 6.99. The highest BCUT2D eigenvalue weighted by Gasteiger charge is 2.62. The maximum Gasteiger partial charge on any atom is 0.408 e. The van der Waals surface area contributed by atoms with Crippen LogP contribution < -0.4 is 15.4 Å². The van der Waals surface area contributed by atoms with Crippen molar-refractivity contribution in [1.29, 1.82) is 0 Å². The number of carboxylic acids is 2. The molecule has 4 N–H and O–H groups in total. The third-order valence-corrected chi connectivity index (χ3v) is 10.5. The van der Waals surface area contributed by atoms with Gasteiger partial charge in [0.2, 0.25) is 17.7 Å². The maximum absolute atomic E-state index is 14.4. The van der Waals surface area contributed by atoms with E-state index >= 15 is 0 Å². The zero-order valence-corrected chi connectivity index (χ0v) is 29.7. The van der Waals surface area contributed by atoms with Crippen molar-refractivity contribution < 1.29 is 43.7 Å². The van der Waals surface area contributed by atoms with Gasteiger partial charge in [0.25, 0.3) is 0 Å². The van der Waals surface area contributed by atoms with E-state index in [0.29, 0.717) is 47.3 Å². The zero-order valence-electron chi connectivity index (χ0n) is 28.8. The van der Waals surface area contributed by atoms with Crippen LogP contribution in [0.5, 0.6) is 5.88 Å². The number of carbonyl (C=O) groups is 5. The van der Waals surface area contributed by atoms with Crippen molar-refractivity contribution in [3.05, 3.63) is 41.3 Å². The van der Waals surface area contributed by atoms with Gasteiger partial charge < -0.3 is 35.2 Å². The summed E-state index contributed by atoms with van der Waals surface area (Å²) in [5.74, 6) is -3.36. The van der Waals surface area contributed by atoms with E-state index < -0.39 is 59.2 Å². The maximum atomic E-state index is 14.4. The molecule has 3 amide bonds. The predicted molar refractivity (Wildman–Crippen MR) is 186 cm³/mol. The highest BCUT2D eigenvalue weighted by atomic mass is 32.1. The average Bonchev–Trinajstić information content (AvgIpc) is 3.37. The van der Waals surface area contributed by atoms with Gasteiger partial charge in [0.15, 0.2) is 0 Å². The van der Waals surface area contributed by atoms with E-state index in [2.05, 4.69) is 15.6 Å². The number of thiophene rings is 1. The van der Waals surface area contributed by atoms with E-state index in [1.165, 1.54) is 34.4 Å². The minimum atomic E-state index is -1.40. The molecule has 6 rings (SSSR count). The van der Waals surface area contributed by atoms with Gasteiger partial charge in [-0.2, -0.15) is 0 Å². The fourth-order valence-corrected chi connectivity index (χ4v) is 7.69. The summed E-state index contributed by atoms with van der Waals surface area (Å²) in [5.41, 5.74) is -1.03. The standard InChI is InChI=1S/C36H43N5O9S/c1-35(2,3)50-34(48)39-24-11-8-6-4-5-7-10-21-18-36(21,33(46)47)40-29(42)26-17-22(19-41(26)31(24)43)49-30-28(27-12-9-15-51-27)37-25-16-20(32(44)45)13-14-23(25)38-30/h9,12-16,21-22,24,26H,4-8,10-11,17-19H2,1-3H3,(H,39,48)(H,40,42)(H,44,45)(H,46,47)/t21?,22-,24+,26+,36?/m1/s1. The molecule has 272 valence electrons. The highest BCUT2D eigenvalue weighted by molar-refractivity contribution is 7.13. The number of amides is 3. The van der Waals surface area contributed by atoms with Crippen molar-refractivity contribution >= 4 is 52.2 Å². The van der Waals surface area contributed by atoms with Gasteiger partial charge in [-0.1, -0.05) is 38.2 Å². The lowest BCUT2D eigenvalue weighted by Crippen LogP contribution is -2.56. The quantitative estimate of drug-likeness (QED) is 0.267. The molecule has 5 atom stereocenters. The first kappa shape index (κ1) is 36.0. The van der Waals surface area contributed by atoms with E-state index in [-0.39, 0.29) is 30.3 Å². The number of nitrogens with zero attached hydrogens (tertiary/aromatic N) is 3. The van der Waals surface area contributed by atoms with Gasteiger partial charge in [0.05, 0.1) is 28.0 Å². The summed E-state index contributed by atoms with van der Waals surface area (Å²) >= 11 is 1.39. The van der Waals surface area contributed by atoms with Gasteiger partial charge in [0, 0.05) is 6.42 Å². The number of hydrogen-bond donors (Lipinski definition) is 4. The number of fused-ring (bicyclic) bond motifs is 3. The molecule has 2 unspecified atom stereocenters. The number of carbonyl (C=O) groups excluding carboxylic acids is 3. The molecule has 4 heterocycles. The molecule has 0 spiro atoms. The van der Waals surface area contributed by atoms with Crippen LogP contribution in [0.2, 0.25) is 0 Å². The second-order valence-electron chi connectivity index (χ2n) is 14.6. The van der Waals surface area contributed by atoms with E-state index in [9.17, 15) is 34.2 Å². The number of aromatic nitrogens is 2. The van der Waals surface area contributed by atoms with Gasteiger partial charge in [-0.3, -0.25) is 9.59 Å². The number of carboxylic acid groups (broad SMARTS) is 2. The van der Waals surface area contributed by atoms with Crippen LogP contribution in [-0.4, -0.2) is 90.8 Å². The largest absolute Gasteiger partial charge is 0.479 e. The lowest BCUT2D eigenvalue weighted by molar-refractivity contribution is -0.146. The average molecular weight is 722 g/mol. The SMILES string of the molecule is CC(C)(C)OC(=O)N[C@H]1CCCCCCCC2CC2(C(=O)O)NC(=O)[C@@H]2C[C@@H](Oc3nc4ccc(C(=O)O)cc4nc3-c3cccs3)CN2C1=O. The molecule has 2 saturated heterocycles. The number of ether oxygens (including phenoxy) is 2. The third-order valence-electron chi connectivity index (χ3n) is 9.63. The molecule has 2 aliphatic heterocycles. The Morgan fingerprint density at radius 1 is 1.02 bits per heavy atom. The number of alkyl carbamates (subject to hydrolysis) is 1. The predicted octanol–water partition coefficient (Wildman–Crippen LogP) is 5.00. The molecule has 1 aromatic carbocycles. The summed E-state index contributed by atoms with van der Waals surface area (Å²) in [7, 11) is 0. The van der Waals surface area contributed by atoms with Gasteiger partial charge in [0.1, 0.15) is 35.0 Å². The Morgan fingerprint density at radius 3 is 2.45 bits per heavy atom. The van der Waals surface area contributed by atoms with Gasteiger partial charge in [-0.15, -0.1) is 11.3 Å². The molecular weight excluding hydrogens is 678 g/mol. The van der Waals surface area contributed by atoms with Gasteiger partial charge >= 0.3 is 18.0 Å². The van der Waals surface area contributed by atoms with Crippen LogP contribution in [0.4, 0.5) is 4.79 Å². The number of nitrogens with one attached hydrogen (secondary N) is 2. The van der Waals surface area contributed by atoms with E-state index in [4.69, 9.17) is 14.5 Å². The first-order valence-corrected chi connectivity index (χ1v) is 18.2. The van der Waals surface area contributed by atoms with Crippen molar-refractivity contribution in [1.82, 2.24) is 25.5 Å². The molecule has 51 heavy (non-hydrogen) atoms. The van der Waals surface area contributed by atoms with Crippen LogP contribution in [0, 0.1) is 5.92 Å². The lowest BCUT2D eigenvalue weighted by atomic mass is 10.0. The van der Waals surface area contributed by atoms with E-state index in [0.717, 1.165) is 25.7 Å². The van der Waals surface area contributed by atoms with E-state index in [1.54, 1.807) is 20.8 Å².